The molecule has 3 aromatic rings. The average molecular weight is 357 g/mol. The van der Waals surface area contributed by atoms with Gasteiger partial charge < -0.3 is 10.7 Å². The number of carbonyl (C=O) groups is 1. The number of halogens is 5. The summed E-state index contributed by atoms with van der Waals surface area (Å²) in [4.78, 5) is 25.1. The number of hydrogen-bond donors (Lipinski definition) is 2. The van der Waals surface area contributed by atoms with Gasteiger partial charge in [0.25, 0.3) is 0 Å². The van der Waals surface area contributed by atoms with Gasteiger partial charge >= 0.3 is 6.18 Å². The highest BCUT2D eigenvalue weighted by Crippen LogP contribution is 2.29. The van der Waals surface area contributed by atoms with Crippen molar-refractivity contribution in [2.24, 2.45) is 5.73 Å². The second-order valence-electron chi connectivity index (χ2n) is 5.04. The summed E-state index contributed by atoms with van der Waals surface area (Å²) in [6.07, 6.45) is -3.93. The van der Waals surface area contributed by atoms with Crippen molar-refractivity contribution in [3.8, 4) is 0 Å². The first kappa shape index (κ1) is 16.7. The Morgan fingerprint density at radius 2 is 1.84 bits per heavy atom. The van der Waals surface area contributed by atoms with Crippen LogP contribution in [-0.4, -0.2) is 25.8 Å². The van der Waals surface area contributed by atoms with E-state index in [0.29, 0.717) is 6.07 Å². The Bertz CT molecular complexity index is 929. The normalized spacial score (nSPS) is 13.2. The zero-order valence-corrected chi connectivity index (χ0v) is 12.1. The highest BCUT2D eigenvalue weighted by atomic mass is 19.4. The number of carbonyl (C=O) groups excluding carboxylic acids is 1. The topological polar surface area (TPSA) is 97.6 Å². The Kier molecular flexibility index (Phi) is 3.85. The minimum absolute atomic E-state index is 0.0344. The SMILES string of the molecule is NC(=O)C(c1nccc(C(F)(F)F)n1)c1nc2cc(F)c(F)cc2[nH]1. The summed E-state index contributed by atoms with van der Waals surface area (Å²) in [5.74, 6) is -5.74. The third-order valence-electron chi connectivity index (χ3n) is 3.32. The molecule has 11 heteroatoms. The van der Waals surface area contributed by atoms with Crippen LogP contribution >= 0.6 is 0 Å². The Hall–Kier alpha value is -3.11. The Balaban J connectivity index is 2.13. The standard InChI is InChI=1S/C14H8F5N5O/c15-5-3-7-8(4-6(5)16)23-13(22-7)10(11(20)25)12-21-2-1-9(24-12)14(17,18)19/h1-4,10H,(H2,20,25)(H,22,23). The molecule has 0 bridgehead atoms. The van der Waals surface area contributed by atoms with E-state index in [0.717, 1.165) is 18.3 Å². The predicted molar refractivity (Wildman–Crippen MR) is 74.1 cm³/mol. The van der Waals surface area contributed by atoms with Crippen molar-refractivity contribution in [1.29, 1.82) is 0 Å². The Morgan fingerprint density at radius 3 is 2.48 bits per heavy atom. The third-order valence-corrected chi connectivity index (χ3v) is 3.32. The summed E-state index contributed by atoms with van der Waals surface area (Å²) in [5, 5.41) is 0. The molecule has 0 saturated carbocycles. The second kappa shape index (κ2) is 5.76. The fourth-order valence-electron chi connectivity index (χ4n) is 2.22. The van der Waals surface area contributed by atoms with Crippen molar-refractivity contribution in [1.82, 2.24) is 19.9 Å². The fourth-order valence-corrected chi connectivity index (χ4v) is 2.22. The molecule has 0 aliphatic carbocycles. The monoisotopic (exact) mass is 357 g/mol. The Morgan fingerprint density at radius 1 is 1.16 bits per heavy atom. The molecular weight excluding hydrogens is 349 g/mol. The van der Waals surface area contributed by atoms with Crippen LogP contribution in [0.15, 0.2) is 24.4 Å². The number of aromatic nitrogens is 4. The van der Waals surface area contributed by atoms with Gasteiger partial charge in [-0.15, -0.1) is 0 Å². The summed E-state index contributed by atoms with van der Waals surface area (Å²) in [6, 6.07) is 2.20. The van der Waals surface area contributed by atoms with Crippen LogP contribution in [-0.2, 0) is 11.0 Å². The molecule has 0 aliphatic rings. The molecule has 1 aromatic carbocycles. The van der Waals surface area contributed by atoms with Gasteiger partial charge in [0.1, 0.15) is 17.3 Å². The van der Waals surface area contributed by atoms with E-state index in [1.165, 1.54) is 0 Å². The maximum atomic E-state index is 13.3. The average Bonchev–Trinajstić information content (AvgIpc) is 2.89. The summed E-state index contributed by atoms with van der Waals surface area (Å²) < 4.78 is 64.8. The van der Waals surface area contributed by atoms with Gasteiger partial charge in [-0.2, -0.15) is 13.2 Å². The number of aromatic amines is 1. The van der Waals surface area contributed by atoms with Crippen LogP contribution in [0, 0.1) is 11.6 Å². The van der Waals surface area contributed by atoms with Crippen LogP contribution in [0.5, 0.6) is 0 Å². The van der Waals surface area contributed by atoms with Gasteiger partial charge in [-0.25, -0.2) is 23.7 Å². The number of rotatable bonds is 3. The van der Waals surface area contributed by atoms with Crippen LogP contribution in [0.1, 0.15) is 23.3 Å². The van der Waals surface area contributed by atoms with Crippen molar-refractivity contribution >= 4 is 16.9 Å². The van der Waals surface area contributed by atoms with Gasteiger partial charge in [-0.3, -0.25) is 4.79 Å². The van der Waals surface area contributed by atoms with Gasteiger partial charge in [-0.1, -0.05) is 0 Å². The van der Waals surface area contributed by atoms with Crippen LogP contribution < -0.4 is 5.73 Å². The summed E-state index contributed by atoms with van der Waals surface area (Å²) in [5.41, 5.74) is 3.97. The molecule has 0 fully saturated rings. The molecule has 130 valence electrons. The molecule has 0 radical (unpaired) electrons. The zero-order valence-electron chi connectivity index (χ0n) is 12.1. The summed E-state index contributed by atoms with van der Waals surface area (Å²) >= 11 is 0. The highest BCUT2D eigenvalue weighted by Gasteiger charge is 2.35. The first-order valence-corrected chi connectivity index (χ1v) is 6.71. The molecule has 25 heavy (non-hydrogen) atoms. The van der Waals surface area contributed by atoms with E-state index in [-0.39, 0.29) is 16.9 Å². The lowest BCUT2D eigenvalue weighted by Gasteiger charge is -2.11. The Labute approximate surface area is 135 Å². The number of amides is 1. The molecule has 2 heterocycles. The third kappa shape index (κ3) is 3.12. The van der Waals surface area contributed by atoms with E-state index in [9.17, 15) is 26.7 Å². The van der Waals surface area contributed by atoms with E-state index in [4.69, 9.17) is 5.73 Å². The number of imidazole rings is 1. The molecule has 0 aliphatic heterocycles. The van der Waals surface area contributed by atoms with Gasteiger partial charge in [0.05, 0.1) is 11.0 Å². The first-order chi connectivity index (χ1) is 11.7. The molecule has 1 unspecified atom stereocenters. The first-order valence-electron chi connectivity index (χ1n) is 6.71. The number of nitrogens with zero attached hydrogens (tertiary/aromatic N) is 3. The number of benzene rings is 1. The largest absolute Gasteiger partial charge is 0.433 e. The van der Waals surface area contributed by atoms with Crippen LogP contribution in [0.4, 0.5) is 22.0 Å². The predicted octanol–water partition coefficient (Wildman–Crippen LogP) is 2.27. The molecule has 1 amide bonds. The maximum absolute atomic E-state index is 13.3. The molecule has 0 saturated heterocycles. The van der Waals surface area contributed by atoms with Crippen molar-refractivity contribution in [3.63, 3.8) is 0 Å². The van der Waals surface area contributed by atoms with Crippen LogP contribution in [0.2, 0.25) is 0 Å². The van der Waals surface area contributed by atoms with E-state index >= 15 is 0 Å². The van der Waals surface area contributed by atoms with Gasteiger partial charge in [0.15, 0.2) is 17.6 Å². The number of primary amides is 1. The van der Waals surface area contributed by atoms with Gasteiger partial charge in [-0.05, 0) is 6.07 Å². The van der Waals surface area contributed by atoms with E-state index in [1.54, 1.807) is 0 Å². The minimum atomic E-state index is -4.75. The van der Waals surface area contributed by atoms with E-state index in [2.05, 4.69) is 19.9 Å². The molecule has 0 spiro atoms. The molecule has 6 nitrogen and oxygen atoms in total. The summed E-state index contributed by atoms with van der Waals surface area (Å²) in [6.45, 7) is 0. The molecule has 3 rings (SSSR count). The summed E-state index contributed by atoms with van der Waals surface area (Å²) in [7, 11) is 0. The number of hydrogen-bond acceptors (Lipinski definition) is 4. The van der Waals surface area contributed by atoms with Crippen molar-refractivity contribution in [3.05, 3.63) is 53.4 Å². The molecular formula is C14H8F5N5O. The number of H-pyrrole nitrogens is 1. The fraction of sp³-hybridized carbons (Fsp3) is 0.143. The van der Waals surface area contributed by atoms with Gasteiger partial charge in [0.2, 0.25) is 5.91 Å². The van der Waals surface area contributed by atoms with Crippen molar-refractivity contribution in [2.75, 3.05) is 0 Å². The molecule has 2 aromatic heterocycles. The number of fused-ring (bicyclic) bond motifs is 1. The quantitative estimate of drug-likeness (QED) is 0.703. The second-order valence-corrected chi connectivity index (χ2v) is 5.04. The number of nitrogens with one attached hydrogen (secondary N) is 1. The highest BCUT2D eigenvalue weighted by molar-refractivity contribution is 5.85. The number of alkyl halides is 3. The lowest BCUT2D eigenvalue weighted by molar-refractivity contribution is -0.141. The molecule has 1 atom stereocenters. The van der Waals surface area contributed by atoms with E-state index in [1.807, 2.05) is 0 Å². The van der Waals surface area contributed by atoms with E-state index < -0.39 is 41.2 Å². The minimum Gasteiger partial charge on any atom is -0.369 e. The van der Waals surface area contributed by atoms with Crippen LogP contribution in [0.3, 0.4) is 0 Å². The molecule has 3 N–H and O–H groups in total. The van der Waals surface area contributed by atoms with Crippen molar-refractivity contribution in [2.45, 2.75) is 12.1 Å². The van der Waals surface area contributed by atoms with Gasteiger partial charge in [0, 0.05) is 18.3 Å². The zero-order chi connectivity index (χ0) is 18.4. The lowest BCUT2D eigenvalue weighted by Crippen LogP contribution is -2.26. The maximum Gasteiger partial charge on any atom is 0.433 e. The van der Waals surface area contributed by atoms with Crippen molar-refractivity contribution < 1.29 is 26.7 Å². The number of nitrogens with two attached hydrogens (primary N) is 1. The van der Waals surface area contributed by atoms with Crippen LogP contribution in [0.25, 0.3) is 11.0 Å². The smallest absolute Gasteiger partial charge is 0.369 e. The lowest BCUT2D eigenvalue weighted by atomic mass is 10.1.